The maximum Gasteiger partial charge on any atom is 0.151 e. The lowest BCUT2D eigenvalue weighted by Gasteiger charge is -2.31. The zero-order valence-electron chi connectivity index (χ0n) is 11.9. The van der Waals surface area contributed by atoms with Gasteiger partial charge in [0.2, 0.25) is 0 Å². The molecule has 0 amide bonds. The molecule has 1 fully saturated rings. The van der Waals surface area contributed by atoms with Gasteiger partial charge in [-0.15, -0.1) is 0 Å². The van der Waals surface area contributed by atoms with Gasteiger partial charge in [0, 0.05) is 26.1 Å². The standard InChI is InChI=1S/C14H26N4/c1-11(2)12-4-6-13(7-5-12)15-9-8-14-16-10-18(3)17-14/h10-13,15H,4-9H2,1-3H3. The Bertz CT molecular complexity index is 350. The average molecular weight is 250 g/mol. The zero-order chi connectivity index (χ0) is 13.0. The molecule has 1 aromatic heterocycles. The Hall–Kier alpha value is -0.900. The van der Waals surface area contributed by atoms with E-state index in [1.807, 2.05) is 7.05 Å². The largest absolute Gasteiger partial charge is 0.314 e. The fraction of sp³-hybridized carbons (Fsp3) is 0.857. The fourth-order valence-electron chi connectivity index (χ4n) is 2.88. The molecule has 0 aliphatic heterocycles. The van der Waals surface area contributed by atoms with Crippen LogP contribution in [0.3, 0.4) is 0 Å². The molecule has 0 atom stereocenters. The molecule has 102 valence electrons. The predicted octanol–water partition coefficient (Wildman–Crippen LogP) is 2.16. The van der Waals surface area contributed by atoms with E-state index in [1.54, 1.807) is 11.0 Å². The van der Waals surface area contributed by atoms with Crippen molar-refractivity contribution in [3.8, 4) is 0 Å². The van der Waals surface area contributed by atoms with Crippen molar-refractivity contribution >= 4 is 0 Å². The second-order valence-corrected chi connectivity index (χ2v) is 5.89. The van der Waals surface area contributed by atoms with E-state index in [1.165, 1.54) is 25.7 Å². The van der Waals surface area contributed by atoms with E-state index in [2.05, 4.69) is 29.2 Å². The van der Waals surface area contributed by atoms with Crippen LogP contribution >= 0.6 is 0 Å². The third kappa shape index (κ3) is 3.80. The molecule has 4 heteroatoms. The van der Waals surface area contributed by atoms with Crippen molar-refractivity contribution in [2.45, 2.75) is 52.0 Å². The zero-order valence-corrected chi connectivity index (χ0v) is 11.9. The Morgan fingerprint density at radius 3 is 2.61 bits per heavy atom. The first kappa shape index (κ1) is 13.5. The van der Waals surface area contributed by atoms with E-state index in [4.69, 9.17) is 0 Å². The highest BCUT2D eigenvalue weighted by Gasteiger charge is 2.22. The average Bonchev–Trinajstić information content (AvgIpc) is 2.76. The van der Waals surface area contributed by atoms with Crippen LogP contribution in [0.15, 0.2) is 6.33 Å². The maximum absolute atomic E-state index is 4.29. The van der Waals surface area contributed by atoms with Gasteiger partial charge in [0.25, 0.3) is 0 Å². The summed E-state index contributed by atoms with van der Waals surface area (Å²) < 4.78 is 1.77. The molecule has 0 aromatic carbocycles. The number of aryl methyl sites for hydroxylation is 1. The normalized spacial score (nSPS) is 24.7. The Kier molecular flexibility index (Phi) is 4.75. The minimum absolute atomic E-state index is 0.712. The van der Waals surface area contributed by atoms with Gasteiger partial charge in [-0.1, -0.05) is 13.8 Å². The van der Waals surface area contributed by atoms with Gasteiger partial charge in [-0.3, -0.25) is 4.68 Å². The first-order valence-corrected chi connectivity index (χ1v) is 7.23. The number of hydrogen-bond donors (Lipinski definition) is 1. The molecule has 0 spiro atoms. The lowest BCUT2D eigenvalue weighted by molar-refractivity contribution is 0.239. The van der Waals surface area contributed by atoms with Crippen LogP contribution in [0.5, 0.6) is 0 Å². The van der Waals surface area contributed by atoms with Crippen molar-refractivity contribution in [3.63, 3.8) is 0 Å². The second kappa shape index (κ2) is 6.32. The highest BCUT2D eigenvalue weighted by molar-refractivity contribution is 4.84. The Morgan fingerprint density at radius 2 is 2.06 bits per heavy atom. The third-order valence-electron chi connectivity index (χ3n) is 4.14. The lowest BCUT2D eigenvalue weighted by atomic mass is 9.80. The van der Waals surface area contributed by atoms with Crippen molar-refractivity contribution in [2.75, 3.05) is 6.54 Å². The molecular formula is C14H26N4. The molecule has 1 saturated carbocycles. The second-order valence-electron chi connectivity index (χ2n) is 5.89. The number of hydrogen-bond acceptors (Lipinski definition) is 3. The summed E-state index contributed by atoms with van der Waals surface area (Å²) in [7, 11) is 1.91. The van der Waals surface area contributed by atoms with Gasteiger partial charge in [0.1, 0.15) is 6.33 Å². The summed E-state index contributed by atoms with van der Waals surface area (Å²) in [5.41, 5.74) is 0. The molecule has 1 heterocycles. The molecule has 1 aliphatic carbocycles. The van der Waals surface area contributed by atoms with Crippen LogP contribution in [0.4, 0.5) is 0 Å². The van der Waals surface area contributed by atoms with Gasteiger partial charge in [0.15, 0.2) is 5.82 Å². The number of rotatable bonds is 5. The predicted molar refractivity (Wildman–Crippen MR) is 73.3 cm³/mol. The van der Waals surface area contributed by atoms with Gasteiger partial charge in [0.05, 0.1) is 0 Å². The molecule has 1 aromatic rings. The van der Waals surface area contributed by atoms with Crippen LogP contribution < -0.4 is 5.32 Å². The summed E-state index contributed by atoms with van der Waals surface area (Å²) in [4.78, 5) is 4.25. The highest BCUT2D eigenvalue weighted by Crippen LogP contribution is 2.29. The Labute approximate surface area is 110 Å². The van der Waals surface area contributed by atoms with Crippen LogP contribution in [-0.2, 0) is 13.5 Å². The summed E-state index contributed by atoms with van der Waals surface area (Å²) in [6, 6.07) is 0.712. The van der Waals surface area contributed by atoms with E-state index in [-0.39, 0.29) is 0 Å². The summed E-state index contributed by atoms with van der Waals surface area (Å²) in [6.45, 7) is 5.71. The van der Waals surface area contributed by atoms with Crippen molar-refractivity contribution in [2.24, 2.45) is 18.9 Å². The van der Waals surface area contributed by atoms with Crippen LogP contribution in [0.2, 0.25) is 0 Å². The van der Waals surface area contributed by atoms with Crippen molar-refractivity contribution in [3.05, 3.63) is 12.2 Å². The van der Waals surface area contributed by atoms with Crippen molar-refractivity contribution in [1.29, 1.82) is 0 Å². The minimum atomic E-state index is 0.712. The Balaban J connectivity index is 1.63. The fourth-order valence-corrected chi connectivity index (χ4v) is 2.88. The Morgan fingerprint density at radius 1 is 1.33 bits per heavy atom. The van der Waals surface area contributed by atoms with Crippen molar-refractivity contribution in [1.82, 2.24) is 20.1 Å². The van der Waals surface area contributed by atoms with E-state index < -0.39 is 0 Å². The monoisotopic (exact) mass is 250 g/mol. The number of nitrogens with zero attached hydrogens (tertiary/aromatic N) is 3. The maximum atomic E-state index is 4.29. The summed E-state index contributed by atoms with van der Waals surface area (Å²) >= 11 is 0. The summed E-state index contributed by atoms with van der Waals surface area (Å²) in [5, 5.41) is 7.94. The van der Waals surface area contributed by atoms with Crippen LogP contribution in [0, 0.1) is 11.8 Å². The lowest BCUT2D eigenvalue weighted by Crippen LogP contribution is -2.35. The molecule has 0 bridgehead atoms. The molecule has 1 N–H and O–H groups in total. The molecule has 18 heavy (non-hydrogen) atoms. The van der Waals surface area contributed by atoms with Gasteiger partial charge in [-0.2, -0.15) is 5.10 Å². The quantitative estimate of drug-likeness (QED) is 0.871. The van der Waals surface area contributed by atoms with Crippen LogP contribution in [0.1, 0.15) is 45.4 Å². The van der Waals surface area contributed by atoms with Gasteiger partial charge in [-0.25, -0.2) is 4.98 Å². The molecule has 0 unspecified atom stereocenters. The molecule has 0 radical (unpaired) electrons. The van der Waals surface area contributed by atoms with E-state index in [0.717, 1.165) is 30.6 Å². The molecule has 2 rings (SSSR count). The molecule has 1 aliphatic rings. The van der Waals surface area contributed by atoms with E-state index in [0.29, 0.717) is 6.04 Å². The van der Waals surface area contributed by atoms with Gasteiger partial charge in [-0.05, 0) is 37.5 Å². The van der Waals surface area contributed by atoms with Crippen LogP contribution in [0.25, 0.3) is 0 Å². The van der Waals surface area contributed by atoms with Gasteiger partial charge < -0.3 is 5.32 Å². The van der Waals surface area contributed by atoms with E-state index >= 15 is 0 Å². The SMILES string of the molecule is CC(C)C1CCC(NCCc2ncn(C)n2)CC1. The first-order chi connectivity index (χ1) is 8.65. The minimum Gasteiger partial charge on any atom is -0.314 e. The van der Waals surface area contributed by atoms with Crippen molar-refractivity contribution < 1.29 is 0 Å². The molecule has 4 nitrogen and oxygen atoms in total. The van der Waals surface area contributed by atoms with Gasteiger partial charge >= 0.3 is 0 Å². The topological polar surface area (TPSA) is 42.7 Å². The third-order valence-corrected chi connectivity index (χ3v) is 4.14. The highest BCUT2D eigenvalue weighted by atomic mass is 15.3. The molecule has 0 saturated heterocycles. The van der Waals surface area contributed by atoms with Crippen LogP contribution in [-0.4, -0.2) is 27.4 Å². The van der Waals surface area contributed by atoms with E-state index in [9.17, 15) is 0 Å². The number of nitrogens with one attached hydrogen (secondary N) is 1. The summed E-state index contributed by atoms with van der Waals surface area (Å²) in [6.07, 6.45) is 8.14. The first-order valence-electron chi connectivity index (χ1n) is 7.23. The number of aromatic nitrogens is 3. The summed E-state index contributed by atoms with van der Waals surface area (Å²) in [5.74, 6) is 2.74. The molecular weight excluding hydrogens is 224 g/mol. The smallest absolute Gasteiger partial charge is 0.151 e.